The van der Waals surface area contributed by atoms with Crippen molar-refractivity contribution in [3.8, 4) is 0 Å². The topological polar surface area (TPSA) is 57.6 Å². The fourth-order valence-electron chi connectivity index (χ4n) is 3.43. The zero-order chi connectivity index (χ0) is 18.7. The number of likely N-dealkylation sites (tertiary alicyclic amines) is 1. The van der Waals surface area contributed by atoms with Crippen molar-refractivity contribution >= 4 is 11.8 Å². The second-order valence-corrected chi connectivity index (χ2v) is 6.52. The van der Waals surface area contributed by atoms with E-state index >= 15 is 0 Å². The summed E-state index contributed by atoms with van der Waals surface area (Å²) in [6, 6.07) is 9.64. The van der Waals surface area contributed by atoms with E-state index in [0.717, 1.165) is 31.2 Å². The number of carboxylic acid groups (broad SMARTS) is 1. The fraction of sp³-hybridized carbons (Fsp3) is 0.300. The lowest BCUT2D eigenvalue weighted by Crippen LogP contribution is -2.38. The van der Waals surface area contributed by atoms with E-state index in [2.05, 4.69) is 0 Å². The van der Waals surface area contributed by atoms with Crippen LogP contribution in [0.5, 0.6) is 0 Å². The molecule has 0 aromatic heterocycles. The van der Waals surface area contributed by atoms with Crippen molar-refractivity contribution < 1.29 is 23.5 Å². The molecule has 6 heteroatoms. The van der Waals surface area contributed by atoms with Gasteiger partial charge in [0.2, 0.25) is 0 Å². The Labute approximate surface area is 150 Å². The Morgan fingerprint density at radius 2 is 1.88 bits per heavy atom. The second-order valence-electron chi connectivity index (χ2n) is 6.52. The summed E-state index contributed by atoms with van der Waals surface area (Å²) in [5.74, 6) is -3.19. The zero-order valence-electron chi connectivity index (χ0n) is 14.1. The minimum Gasteiger partial charge on any atom is -0.478 e. The van der Waals surface area contributed by atoms with Gasteiger partial charge in [-0.2, -0.15) is 0 Å². The number of aromatic carboxylic acids is 1. The molecular weight excluding hydrogens is 340 g/mol. The summed E-state index contributed by atoms with van der Waals surface area (Å²) in [6.07, 6.45) is 1.34. The molecule has 1 atom stereocenters. The minimum absolute atomic E-state index is 0.220. The third kappa shape index (κ3) is 3.96. The lowest BCUT2D eigenvalue weighted by Gasteiger charge is -2.32. The van der Waals surface area contributed by atoms with Gasteiger partial charge < -0.3 is 5.11 Å². The number of carboxylic acids is 1. The number of carbonyl (C=O) groups is 2. The van der Waals surface area contributed by atoms with Crippen molar-refractivity contribution in [3.05, 3.63) is 70.8 Å². The lowest BCUT2D eigenvalue weighted by atomic mass is 9.89. The molecule has 4 nitrogen and oxygen atoms in total. The average molecular weight is 359 g/mol. The van der Waals surface area contributed by atoms with Crippen LogP contribution >= 0.6 is 0 Å². The number of nitrogens with zero attached hydrogens (tertiary/aromatic N) is 1. The SMILES string of the molecule is O=C(O)c1ccccc1CN1CCC[C@H](C(=O)c2cc(F)ccc2F)C1. The van der Waals surface area contributed by atoms with Crippen molar-refractivity contribution in [3.63, 3.8) is 0 Å². The first kappa shape index (κ1) is 18.2. The van der Waals surface area contributed by atoms with E-state index in [1.807, 2.05) is 4.90 Å². The first-order valence-electron chi connectivity index (χ1n) is 8.48. The van der Waals surface area contributed by atoms with Crippen LogP contribution in [0.2, 0.25) is 0 Å². The van der Waals surface area contributed by atoms with Crippen molar-refractivity contribution in [1.29, 1.82) is 0 Å². The van der Waals surface area contributed by atoms with Crippen molar-refractivity contribution in [1.82, 2.24) is 4.90 Å². The molecule has 1 saturated heterocycles. The summed E-state index contributed by atoms with van der Waals surface area (Å²) >= 11 is 0. The molecular formula is C20H19F2NO3. The van der Waals surface area contributed by atoms with Crippen LogP contribution in [0.4, 0.5) is 8.78 Å². The quantitative estimate of drug-likeness (QED) is 0.826. The summed E-state index contributed by atoms with van der Waals surface area (Å²) in [7, 11) is 0. The number of ketones is 1. The average Bonchev–Trinajstić information content (AvgIpc) is 2.63. The molecule has 1 aliphatic heterocycles. The third-order valence-corrected chi connectivity index (χ3v) is 4.71. The van der Waals surface area contributed by atoms with Gasteiger partial charge in [0.15, 0.2) is 5.78 Å². The van der Waals surface area contributed by atoms with Crippen LogP contribution < -0.4 is 0 Å². The van der Waals surface area contributed by atoms with Crippen LogP contribution in [0.15, 0.2) is 42.5 Å². The first-order chi connectivity index (χ1) is 12.5. The van der Waals surface area contributed by atoms with Gasteiger partial charge in [-0.1, -0.05) is 18.2 Å². The Balaban J connectivity index is 1.75. The van der Waals surface area contributed by atoms with Gasteiger partial charge in [0.05, 0.1) is 11.1 Å². The van der Waals surface area contributed by atoms with Crippen molar-refractivity contribution in [2.45, 2.75) is 19.4 Å². The molecule has 0 bridgehead atoms. The van der Waals surface area contributed by atoms with Gasteiger partial charge >= 0.3 is 5.97 Å². The van der Waals surface area contributed by atoms with Crippen molar-refractivity contribution in [2.75, 3.05) is 13.1 Å². The molecule has 2 aromatic rings. The molecule has 1 aliphatic rings. The van der Waals surface area contributed by atoms with E-state index in [1.165, 1.54) is 0 Å². The summed E-state index contributed by atoms with van der Waals surface area (Å²) in [6.45, 7) is 1.52. The van der Waals surface area contributed by atoms with Crippen LogP contribution in [-0.2, 0) is 6.54 Å². The van der Waals surface area contributed by atoms with Gasteiger partial charge in [0, 0.05) is 19.0 Å². The lowest BCUT2D eigenvalue weighted by molar-refractivity contribution is 0.0689. The Hall–Kier alpha value is -2.60. The molecule has 3 rings (SSSR count). The van der Waals surface area contributed by atoms with Gasteiger partial charge in [0.1, 0.15) is 11.6 Å². The Bertz CT molecular complexity index is 838. The molecule has 0 spiro atoms. The monoisotopic (exact) mass is 359 g/mol. The highest BCUT2D eigenvalue weighted by Crippen LogP contribution is 2.24. The maximum absolute atomic E-state index is 13.9. The number of halogens is 2. The van der Waals surface area contributed by atoms with Crippen molar-refractivity contribution in [2.24, 2.45) is 5.92 Å². The predicted octanol–water partition coefficient (Wildman–Crippen LogP) is 3.76. The normalized spacial score (nSPS) is 17.8. The molecule has 2 aromatic carbocycles. The fourth-order valence-corrected chi connectivity index (χ4v) is 3.43. The van der Waals surface area contributed by atoms with Gasteiger partial charge in [-0.3, -0.25) is 9.69 Å². The summed E-state index contributed by atoms with van der Waals surface area (Å²) in [5, 5.41) is 9.29. The first-order valence-corrected chi connectivity index (χ1v) is 8.48. The van der Waals surface area contributed by atoms with E-state index in [1.54, 1.807) is 24.3 Å². The highest BCUT2D eigenvalue weighted by atomic mass is 19.1. The van der Waals surface area contributed by atoms with Gasteiger partial charge in [0.25, 0.3) is 0 Å². The molecule has 0 saturated carbocycles. The van der Waals surface area contributed by atoms with E-state index in [-0.39, 0.29) is 11.1 Å². The van der Waals surface area contributed by atoms with E-state index < -0.39 is 29.3 Å². The van der Waals surface area contributed by atoms with E-state index in [4.69, 9.17) is 0 Å². The number of rotatable bonds is 5. The van der Waals surface area contributed by atoms with Crippen LogP contribution in [0.25, 0.3) is 0 Å². The Morgan fingerprint density at radius 3 is 2.65 bits per heavy atom. The summed E-state index contributed by atoms with van der Waals surface area (Å²) < 4.78 is 27.3. The minimum atomic E-state index is -0.993. The Kier molecular flexibility index (Phi) is 5.42. The number of Topliss-reactive ketones (excluding diaryl/α,β-unsaturated/α-hetero) is 1. The molecule has 0 aliphatic carbocycles. The smallest absolute Gasteiger partial charge is 0.336 e. The summed E-state index contributed by atoms with van der Waals surface area (Å²) in [5.41, 5.74) is 0.685. The molecule has 0 unspecified atom stereocenters. The molecule has 136 valence electrons. The third-order valence-electron chi connectivity index (χ3n) is 4.71. The van der Waals surface area contributed by atoms with Crippen LogP contribution in [0.1, 0.15) is 39.1 Å². The van der Waals surface area contributed by atoms with Crippen LogP contribution in [0, 0.1) is 17.6 Å². The van der Waals surface area contributed by atoms with E-state index in [9.17, 15) is 23.5 Å². The van der Waals surface area contributed by atoms with Gasteiger partial charge in [-0.05, 0) is 49.2 Å². The number of hydrogen-bond acceptors (Lipinski definition) is 3. The highest BCUT2D eigenvalue weighted by Gasteiger charge is 2.29. The van der Waals surface area contributed by atoms with Gasteiger partial charge in [-0.25, -0.2) is 13.6 Å². The van der Waals surface area contributed by atoms with Crippen LogP contribution in [-0.4, -0.2) is 34.8 Å². The highest BCUT2D eigenvalue weighted by molar-refractivity contribution is 5.98. The number of piperidine rings is 1. The molecule has 0 amide bonds. The maximum atomic E-state index is 13.9. The zero-order valence-corrected chi connectivity index (χ0v) is 14.1. The number of carbonyl (C=O) groups excluding carboxylic acids is 1. The summed E-state index contributed by atoms with van der Waals surface area (Å²) in [4.78, 5) is 26.0. The molecule has 26 heavy (non-hydrogen) atoms. The number of benzene rings is 2. The maximum Gasteiger partial charge on any atom is 0.336 e. The predicted molar refractivity (Wildman–Crippen MR) is 92.1 cm³/mol. The van der Waals surface area contributed by atoms with E-state index in [0.29, 0.717) is 25.1 Å². The van der Waals surface area contributed by atoms with Gasteiger partial charge in [-0.15, -0.1) is 0 Å². The molecule has 1 heterocycles. The largest absolute Gasteiger partial charge is 0.478 e. The molecule has 1 N–H and O–H groups in total. The Morgan fingerprint density at radius 1 is 1.12 bits per heavy atom. The molecule has 0 radical (unpaired) electrons. The standard InChI is InChI=1S/C20H19F2NO3/c21-15-7-8-18(22)17(10-15)19(24)14-5-3-9-23(12-14)11-13-4-1-2-6-16(13)20(25)26/h1-2,4,6-8,10,14H,3,5,9,11-12H2,(H,25,26)/t14-/m0/s1. The number of hydrogen-bond donors (Lipinski definition) is 1. The molecule has 1 fully saturated rings. The van der Waals surface area contributed by atoms with Crippen LogP contribution in [0.3, 0.4) is 0 Å². The second kappa shape index (κ2) is 7.74.